The van der Waals surface area contributed by atoms with Crippen LogP contribution in [0.1, 0.15) is 26.7 Å². The molecule has 0 saturated carbocycles. The third-order valence-electron chi connectivity index (χ3n) is 1.83. The first-order valence-corrected chi connectivity index (χ1v) is 5.43. The second kappa shape index (κ2) is 7.01. The lowest BCUT2D eigenvalue weighted by Crippen LogP contribution is -2.19. The summed E-state index contributed by atoms with van der Waals surface area (Å²) in [4.78, 5) is 38.7. The molecule has 0 aromatic rings. The van der Waals surface area contributed by atoms with Crippen molar-refractivity contribution in [2.24, 2.45) is 5.92 Å². The quantitative estimate of drug-likeness (QED) is 0.378. The van der Waals surface area contributed by atoms with Gasteiger partial charge in [-0.2, -0.15) is 0 Å². The molecule has 0 fully saturated rings. The zero-order valence-corrected chi connectivity index (χ0v) is 9.16. The number of Topliss-reactive ketones (excluding diaryl/α,β-unsaturated/α-hetero) is 2. The summed E-state index contributed by atoms with van der Waals surface area (Å²) in [6, 6.07) is 0. The Labute approximate surface area is 84.1 Å². The standard InChI is InChI=1S/C8H15O5P/c1-6(9)8(7(2)10)4-3-5-13-14(11)12/h8,11-12H,3-5H2,1-2H3. The fourth-order valence-electron chi connectivity index (χ4n) is 1.13. The molecule has 0 spiro atoms. The van der Waals surface area contributed by atoms with Crippen molar-refractivity contribution in [3.63, 3.8) is 0 Å². The van der Waals surface area contributed by atoms with Crippen molar-refractivity contribution in [1.82, 2.24) is 0 Å². The number of carbonyl (C=O) groups excluding carboxylic acids is 2. The summed E-state index contributed by atoms with van der Waals surface area (Å²) in [6.07, 6.45) is 0.859. The second-order valence-corrected chi connectivity index (χ2v) is 3.77. The predicted molar refractivity (Wildman–Crippen MR) is 51.4 cm³/mol. The molecule has 2 N–H and O–H groups in total. The molecule has 0 unspecified atom stereocenters. The summed E-state index contributed by atoms with van der Waals surface area (Å²) in [5.41, 5.74) is 0. The molecule has 0 aliphatic heterocycles. The first kappa shape index (κ1) is 13.7. The van der Waals surface area contributed by atoms with Crippen molar-refractivity contribution in [2.75, 3.05) is 6.61 Å². The zero-order valence-electron chi connectivity index (χ0n) is 8.27. The first-order valence-electron chi connectivity index (χ1n) is 4.27. The first-order chi connectivity index (χ1) is 6.45. The highest BCUT2D eigenvalue weighted by Gasteiger charge is 2.18. The van der Waals surface area contributed by atoms with Gasteiger partial charge < -0.3 is 14.3 Å². The number of hydrogen-bond acceptors (Lipinski definition) is 5. The van der Waals surface area contributed by atoms with Crippen molar-refractivity contribution >= 4 is 20.2 Å². The Morgan fingerprint density at radius 3 is 2.14 bits per heavy atom. The van der Waals surface area contributed by atoms with Crippen molar-refractivity contribution in [3.05, 3.63) is 0 Å². The molecule has 0 aliphatic carbocycles. The maximum absolute atomic E-state index is 11.0. The monoisotopic (exact) mass is 222 g/mol. The van der Waals surface area contributed by atoms with Gasteiger partial charge in [0.15, 0.2) is 0 Å². The highest BCUT2D eigenvalue weighted by molar-refractivity contribution is 7.39. The third kappa shape index (κ3) is 6.16. The van der Waals surface area contributed by atoms with Gasteiger partial charge in [0.25, 0.3) is 0 Å². The van der Waals surface area contributed by atoms with E-state index < -0.39 is 14.5 Å². The molecule has 0 amide bonds. The second-order valence-electron chi connectivity index (χ2n) is 3.00. The van der Waals surface area contributed by atoms with Gasteiger partial charge in [0.1, 0.15) is 11.6 Å². The number of hydrogen-bond donors (Lipinski definition) is 2. The minimum absolute atomic E-state index is 0.149. The Bertz CT molecular complexity index is 190. The van der Waals surface area contributed by atoms with Gasteiger partial charge in [-0.05, 0) is 26.7 Å². The molecule has 82 valence electrons. The van der Waals surface area contributed by atoms with E-state index in [9.17, 15) is 9.59 Å². The van der Waals surface area contributed by atoms with Gasteiger partial charge in [-0.15, -0.1) is 0 Å². The van der Waals surface area contributed by atoms with E-state index in [1.54, 1.807) is 0 Å². The van der Waals surface area contributed by atoms with E-state index in [0.29, 0.717) is 12.8 Å². The van der Waals surface area contributed by atoms with Crippen LogP contribution in [-0.2, 0) is 14.1 Å². The van der Waals surface area contributed by atoms with Crippen molar-refractivity contribution in [1.29, 1.82) is 0 Å². The van der Waals surface area contributed by atoms with E-state index in [-0.39, 0.29) is 18.2 Å². The minimum atomic E-state index is -2.33. The molecule has 0 heterocycles. The van der Waals surface area contributed by atoms with Crippen molar-refractivity contribution in [2.45, 2.75) is 26.7 Å². The van der Waals surface area contributed by atoms with Gasteiger partial charge in [0.2, 0.25) is 0 Å². The zero-order chi connectivity index (χ0) is 11.1. The number of carbonyl (C=O) groups is 2. The molecule has 5 nitrogen and oxygen atoms in total. The molecule has 14 heavy (non-hydrogen) atoms. The molecule has 6 heteroatoms. The molecule has 0 rings (SSSR count). The Balaban J connectivity index is 3.73. The fourth-order valence-corrected chi connectivity index (χ4v) is 1.42. The molecule has 0 radical (unpaired) electrons. The van der Waals surface area contributed by atoms with Crippen LogP contribution in [-0.4, -0.2) is 28.0 Å². The van der Waals surface area contributed by atoms with Crippen molar-refractivity contribution < 1.29 is 23.9 Å². The van der Waals surface area contributed by atoms with E-state index in [2.05, 4.69) is 4.52 Å². The van der Waals surface area contributed by atoms with Crippen LogP contribution in [0.4, 0.5) is 0 Å². The van der Waals surface area contributed by atoms with Crippen LogP contribution in [0.3, 0.4) is 0 Å². The van der Waals surface area contributed by atoms with Crippen LogP contribution >= 0.6 is 8.60 Å². The molecular formula is C8H15O5P. The molecular weight excluding hydrogens is 207 g/mol. The lowest BCUT2D eigenvalue weighted by atomic mass is 9.96. The minimum Gasteiger partial charge on any atom is -0.328 e. The Morgan fingerprint density at radius 1 is 1.29 bits per heavy atom. The maximum atomic E-state index is 11.0. The van der Waals surface area contributed by atoms with Gasteiger partial charge in [0.05, 0.1) is 12.5 Å². The van der Waals surface area contributed by atoms with Gasteiger partial charge in [-0.25, -0.2) is 0 Å². The van der Waals surface area contributed by atoms with Crippen LogP contribution < -0.4 is 0 Å². The summed E-state index contributed by atoms with van der Waals surface area (Å²) >= 11 is 0. The number of rotatable bonds is 7. The smallest absolute Gasteiger partial charge is 0.327 e. The average molecular weight is 222 g/mol. The summed E-state index contributed by atoms with van der Waals surface area (Å²) in [7, 11) is -2.33. The highest BCUT2D eigenvalue weighted by atomic mass is 31.2. The summed E-state index contributed by atoms with van der Waals surface area (Å²) < 4.78 is 4.51. The Morgan fingerprint density at radius 2 is 1.79 bits per heavy atom. The van der Waals surface area contributed by atoms with E-state index in [0.717, 1.165) is 0 Å². The highest BCUT2D eigenvalue weighted by Crippen LogP contribution is 2.24. The number of ketones is 2. The van der Waals surface area contributed by atoms with E-state index in [4.69, 9.17) is 9.79 Å². The lowest BCUT2D eigenvalue weighted by Gasteiger charge is -2.09. The fraction of sp³-hybridized carbons (Fsp3) is 0.750. The van der Waals surface area contributed by atoms with Gasteiger partial charge in [-0.1, -0.05) is 0 Å². The molecule has 0 atom stereocenters. The van der Waals surface area contributed by atoms with Crippen LogP contribution in [0.5, 0.6) is 0 Å². The van der Waals surface area contributed by atoms with E-state index >= 15 is 0 Å². The largest absolute Gasteiger partial charge is 0.328 e. The van der Waals surface area contributed by atoms with Crippen LogP contribution in [0.15, 0.2) is 0 Å². The lowest BCUT2D eigenvalue weighted by molar-refractivity contribution is -0.130. The third-order valence-corrected chi connectivity index (χ3v) is 2.24. The molecule has 0 bridgehead atoms. The van der Waals surface area contributed by atoms with E-state index in [1.165, 1.54) is 13.8 Å². The maximum Gasteiger partial charge on any atom is 0.327 e. The van der Waals surface area contributed by atoms with Gasteiger partial charge >= 0.3 is 8.60 Å². The predicted octanol–water partition coefficient (Wildman–Crippen LogP) is 0.789. The van der Waals surface area contributed by atoms with Crippen LogP contribution in [0, 0.1) is 5.92 Å². The average Bonchev–Trinajstić information content (AvgIpc) is 2.01. The van der Waals surface area contributed by atoms with Crippen LogP contribution in [0.25, 0.3) is 0 Å². The Kier molecular flexibility index (Phi) is 6.83. The Hall–Kier alpha value is -0.350. The van der Waals surface area contributed by atoms with Gasteiger partial charge in [-0.3, -0.25) is 9.59 Å². The normalized spacial score (nSPS) is 11.0. The summed E-state index contributed by atoms with van der Waals surface area (Å²) in [5.74, 6) is -0.900. The molecule has 0 aromatic carbocycles. The van der Waals surface area contributed by atoms with Crippen molar-refractivity contribution in [3.8, 4) is 0 Å². The molecule has 0 aromatic heterocycles. The molecule has 0 aliphatic rings. The summed E-state index contributed by atoms with van der Waals surface area (Å²) in [5, 5.41) is 0. The van der Waals surface area contributed by atoms with Gasteiger partial charge in [0, 0.05) is 0 Å². The SMILES string of the molecule is CC(=O)C(CCCOP(O)O)C(C)=O. The topological polar surface area (TPSA) is 83.8 Å². The van der Waals surface area contributed by atoms with Crippen LogP contribution in [0.2, 0.25) is 0 Å². The summed E-state index contributed by atoms with van der Waals surface area (Å²) in [6.45, 7) is 2.89. The van der Waals surface area contributed by atoms with E-state index in [1.807, 2.05) is 0 Å². The molecule has 0 saturated heterocycles.